The lowest BCUT2D eigenvalue weighted by atomic mass is 10.1. The summed E-state index contributed by atoms with van der Waals surface area (Å²) < 4.78 is 56.2. The van der Waals surface area contributed by atoms with E-state index in [4.69, 9.17) is 16.4 Å². The summed E-state index contributed by atoms with van der Waals surface area (Å²) in [5.41, 5.74) is -0.805. The summed E-state index contributed by atoms with van der Waals surface area (Å²) in [6, 6.07) is 11.9. The number of rotatable bonds is 6. The van der Waals surface area contributed by atoms with Crippen LogP contribution in [0.2, 0.25) is 5.02 Å². The van der Waals surface area contributed by atoms with Crippen molar-refractivity contribution in [1.82, 2.24) is 19.4 Å². The lowest BCUT2D eigenvalue weighted by molar-refractivity contribution is -0.203. The van der Waals surface area contributed by atoms with E-state index in [1.165, 1.54) is 36.2 Å². The molecule has 0 bridgehead atoms. The number of hydroxylamine groups is 1. The number of halogens is 5. The quantitative estimate of drug-likeness (QED) is 0.420. The summed E-state index contributed by atoms with van der Waals surface area (Å²) in [5, 5.41) is 4.37. The minimum atomic E-state index is -5.35. The van der Waals surface area contributed by atoms with Crippen molar-refractivity contribution in [2.75, 3.05) is 29.6 Å². The number of hydrogen-bond donors (Lipinski definition) is 1. The number of aromatic nitrogens is 2. The van der Waals surface area contributed by atoms with Gasteiger partial charge < -0.3 is 15.1 Å². The van der Waals surface area contributed by atoms with E-state index in [0.29, 0.717) is 35.8 Å². The molecule has 1 N–H and O–H groups in total. The third kappa shape index (κ3) is 5.17. The highest BCUT2D eigenvalue weighted by Gasteiger charge is 2.54. The third-order valence-corrected chi connectivity index (χ3v) is 8.60. The van der Waals surface area contributed by atoms with Crippen LogP contribution in [0.3, 0.4) is 0 Å². The zero-order chi connectivity index (χ0) is 30.6. The summed E-state index contributed by atoms with van der Waals surface area (Å²) in [7, 11) is 1.29. The maximum absolute atomic E-state index is 14.2. The van der Waals surface area contributed by atoms with Crippen molar-refractivity contribution in [3.63, 3.8) is 0 Å². The fourth-order valence-corrected chi connectivity index (χ4v) is 6.39. The van der Waals surface area contributed by atoms with E-state index in [1.54, 1.807) is 24.3 Å². The van der Waals surface area contributed by atoms with Crippen molar-refractivity contribution in [2.24, 2.45) is 13.0 Å². The van der Waals surface area contributed by atoms with Crippen molar-refractivity contribution < 1.29 is 27.2 Å². The second-order valence-corrected chi connectivity index (χ2v) is 11.2. The lowest BCUT2D eigenvalue weighted by Crippen LogP contribution is -2.59. The molecule has 0 saturated carbocycles. The maximum Gasteiger partial charge on any atom is 0.493 e. The Hall–Kier alpha value is -3.88. The summed E-state index contributed by atoms with van der Waals surface area (Å²) >= 11 is 6.49. The largest absolute Gasteiger partial charge is 0.493 e. The molecule has 15 heteroatoms. The molecular weight excluding hydrogens is 596 g/mol. The molecule has 3 aromatic rings. The normalized spacial score (nSPS) is 21.8. The van der Waals surface area contributed by atoms with Gasteiger partial charge >= 0.3 is 17.8 Å². The minimum absolute atomic E-state index is 0.0529. The molecule has 3 aliphatic rings. The van der Waals surface area contributed by atoms with E-state index in [9.17, 15) is 31.9 Å². The van der Waals surface area contributed by atoms with Crippen molar-refractivity contribution >= 4 is 29.1 Å². The average molecular weight is 623 g/mol. The van der Waals surface area contributed by atoms with E-state index in [1.807, 2.05) is 4.90 Å². The summed E-state index contributed by atoms with van der Waals surface area (Å²) in [5.74, 6) is -3.11. The number of benzene rings is 2. The molecule has 43 heavy (non-hydrogen) atoms. The number of hydrogen-bond acceptors (Lipinski definition) is 8. The van der Waals surface area contributed by atoms with Crippen LogP contribution in [0.15, 0.2) is 58.1 Å². The van der Waals surface area contributed by atoms with Gasteiger partial charge in [-0.1, -0.05) is 41.9 Å². The zero-order valence-electron chi connectivity index (χ0n) is 22.9. The highest BCUT2D eigenvalue weighted by Crippen LogP contribution is 2.43. The van der Waals surface area contributed by atoms with Gasteiger partial charge in [-0.25, -0.2) is 14.0 Å². The monoisotopic (exact) mass is 622 g/mol. The Labute approximate surface area is 247 Å². The number of carbonyl (C=O) groups excluding carboxylic acids is 1. The zero-order valence-corrected chi connectivity index (χ0v) is 23.6. The number of nitrogens with one attached hydrogen (secondary N) is 1. The van der Waals surface area contributed by atoms with E-state index in [2.05, 4.69) is 5.32 Å². The lowest BCUT2D eigenvalue weighted by Gasteiger charge is -2.39. The smallest absolute Gasteiger partial charge is 0.327 e. The van der Waals surface area contributed by atoms with Crippen LogP contribution in [0.5, 0.6) is 0 Å². The van der Waals surface area contributed by atoms with Crippen molar-refractivity contribution in [3.8, 4) is 0 Å². The summed E-state index contributed by atoms with van der Waals surface area (Å²) in [6.07, 6.45) is -5.83. The van der Waals surface area contributed by atoms with Gasteiger partial charge in [0.2, 0.25) is 0 Å². The Morgan fingerprint density at radius 3 is 2.49 bits per heavy atom. The van der Waals surface area contributed by atoms with Crippen LogP contribution in [0.1, 0.15) is 17.5 Å². The number of alkyl halides is 3. The molecule has 0 spiro atoms. The SMILES string of the molecule is Cn1c2c(c(=O)n(Cc3ccc(F)cc3)c1=O)N(Cc1ccccc1Cl)C(N1CCC3CNCC31)N2OC(=O)C(F)(F)F. The molecule has 10 nitrogen and oxygen atoms in total. The molecule has 2 saturated heterocycles. The van der Waals surface area contributed by atoms with Crippen LogP contribution >= 0.6 is 11.6 Å². The molecule has 228 valence electrons. The standard InChI is InChI=1S/C28H27ClF4N6O4/c1-35-23-22(24(40)38(27(35)42)14-16-6-8-19(30)9-7-16)37(15-18-4-2-3-5-20(18)29)26(39(23)43-25(41)28(31,32)33)36-11-10-17-12-34-13-21(17)36/h2-9,17,21,26,34H,10-15H2,1H3. The van der Waals surface area contributed by atoms with Gasteiger partial charge in [0.1, 0.15) is 5.82 Å². The second kappa shape index (κ2) is 11.0. The number of likely N-dealkylation sites (tertiary alicyclic amines) is 1. The summed E-state index contributed by atoms with van der Waals surface area (Å²) in [4.78, 5) is 48.5. The first-order valence-corrected chi connectivity index (χ1v) is 14.0. The van der Waals surface area contributed by atoms with Crippen LogP contribution in [-0.4, -0.2) is 58.1 Å². The minimum Gasteiger partial charge on any atom is -0.327 e. The van der Waals surface area contributed by atoms with Gasteiger partial charge in [-0.05, 0) is 48.2 Å². The molecule has 2 aromatic carbocycles. The van der Waals surface area contributed by atoms with Crippen molar-refractivity contribution in [3.05, 3.63) is 91.3 Å². The third-order valence-electron chi connectivity index (χ3n) is 8.23. The second-order valence-electron chi connectivity index (χ2n) is 10.8. The van der Waals surface area contributed by atoms with Gasteiger partial charge in [0.25, 0.3) is 5.56 Å². The van der Waals surface area contributed by atoms with Crippen LogP contribution in [0.4, 0.5) is 29.1 Å². The first kappa shape index (κ1) is 29.2. The molecule has 2 fully saturated rings. The molecule has 3 unspecified atom stereocenters. The molecule has 0 radical (unpaired) electrons. The number of fused-ring (bicyclic) bond motifs is 2. The first-order valence-electron chi connectivity index (χ1n) is 13.6. The first-order chi connectivity index (χ1) is 20.5. The number of carbonyl (C=O) groups is 1. The topological polar surface area (TPSA) is 92.1 Å². The van der Waals surface area contributed by atoms with Gasteiger partial charge in [0.05, 0.1) is 6.54 Å². The van der Waals surface area contributed by atoms with Gasteiger partial charge in [0.15, 0.2) is 17.8 Å². The molecule has 1 aromatic heterocycles. The van der Waals surface area contributed by atoms with Gasteiger partial charge in [-0.3, -0.25) is 18.8 Å². The molecule has 4 heterocycles. The average Bonchev–Trinajstić information content (AvgIpc) is 3.66. The van der Waals surface area contributed by atoms with Crippen molar-refractivity contribution in [1.29, 1.82) is 0 Å². The van der Waals surface area contributed by atoms with E-state index >= 15 is 0 Å². The predicted octanol–water partition coefficient (Wildman–Crippen LogP) is 2.81. The molecule has 3 atom stereocenters. The highest BCUT2D eigenvalue weighted by molar-refractivity contribution is 6.31. The van der Waals surface area contributed by atoms with Crippen LogP contribution < -0.4 is 26.5 Å². The van der Waals surface area contributed by atoms with E-state index in [0.717, 1.165) is 20.6 Å². The van der Waals surface area contributed by atoms with Crippen LogP contribution in [0, 0.1) is 11.7 Å². The van der Waals surface area contributed by atoms with E-state index in [-0.39, 0.29) is 36.6 Å². The molecular formula is C28H27ClF4N6O4. The summed E-state index contributed by atoms with van der Waals surface area (Å²) in [6.45, 7) is 1.39. The van der Waals surface area contributed by atoms with E-state index < -0.39 is 35.5 Å². The fourth-order valence-electron chi connectivity index (χ4n) is 6.19. The molecule has 0 amide bonds. The number of nitrogens with zero attached hydrogens (tertiary/aromatic N) is 5. The Morgan fingerprint density at radius 2 is 1.79 bits per heavy atom. The predicted molar refractivity (Wildman–Crippen MR) is 149 cm³/mol. The Balaban J connectivity index is 1.55. The van der Waals surface area contributed by atoms with Crippen molar-refractivity contribution in [2.45, 2.75) is 38.0 Å². The Kier molecular flexibility index (Phi) is 7.47. The van der Waals surface area contributed by atoms with Gasteiger partial charge in [0, 0.05) is 37.7 Å². The van der Waals surface area contributed by atoms with Gasteiger partial charge in [-0.15, -0.1) is 5.06 Å². The van der Waals surface area contributed by atoms with Gasteiger partial charge in [-0.2, -0.15) is 13.2 Å². The van der Waals surface area contributed by atoms with Crippen LogP contribution in [0.25, 0.3) is 0 Å². The highest BCUT2D eigenvalue weighted by atomic mass is 35.5. The molecule has 3 aliphatic heterocycles. The molecule has 0 aliphatic carbocycles. The van der Waals surface area contributed by atoms with Crippen LogP contribution in [-0.2, 0) is 29.8 Å². The maximum atomic E-state index is 14.2. The molecule has 6 rings (SSSR count). The number of anilines is 2. The Bertz CT molecular complexity index is 1680. The fraction of sp³-hybridized carbons (Fsp3) is 0.393. The Morgan fingerprint density at radius 1 is 1.07 bits per heavy atom.